The van der Waals surface area contributed by atoms with Gasteiger partial charge in [0.15, 0.2) is 0 Å². The molecular weight excluding hydrogens is 286 g/mol. The van der Waals surface area contributed by atoms with Gasteiger partial charge in [-0.3, -0.25) is 0 Å². The highest BCUT2D eigenvalue weighted by Crippen LogP contribution is 2.16. The maximum absolute atomic E-state index is 12.3. The summed E-state index contributed by atoms with van der Waals surface area (Å²) < 4.78 is 29.0. The lowest BCUT2D eigenvalue weighted by molar-refractivity contribution is 0.575. The van der Waals surface area contributed by atoms with Crippen LogP contribution >= 0.6 is 0 Å². The second kappa shape index (κ2) is 6.43. The minimum Gasteiger partial charge on any atom is -0.352 e. The average Bonchev–Trinajstić information content (AvgIpc) is 2.88. The summed E-state index contributed by atoms with van der Waals surface area (Å²) in [5, 5.41) is 0. The summed E-state index contributed by atoms with van der Waals surface area (Å²) in [4.78, 5) is 0.255. The lowest BCUT2D eigenvalue weighted by Crippen LogP contribution is -2.27. The Labute approximate surface area is 125 Å². The molecule has 0 amide bonds. The molecule has 6 heteroatoms. The molecule has 1 aromatic heterocycles. The highest BCUT2D eigenvalue weighted by molar-refractivity contribution is 7.89. The number of hydrogen-bond donors (Lipinski definition) is 2. The Bertz CT molecular complexity index is 693. The smallest absolute Gasteiger partial charge is 0.242 e. The van der Waals surface area contributed by atoms with Gasteiger partial charge in [-0.2, -0.15) is 0 Å². The zero-order valence-corrected chi connectivity index (χ0v) is 13.1. The van der Waals surface area contributed by atoms with Crippen LogP contribution in [0.25, 0.3) is 0 Å². The first kappa shape index (κ1) is 15.8. The molecular formula is C15H21N3O2S. The van der Waals surface area contributed by atoms with Crippen molar-refractivity contribution in [3.63, 3.8) is 0 Å². The fraction of sp³-hybridized carbons (Fsp3) is 0.333. The molecule has 1 heterocycles. The average molecular weight is 307 g/mol. The summed E-state index contributed by atoms with van der Waals surface area (Å²) in [6.45, 7) is 2.67. The molecule has 0 aliphatic rings. The van der Waals surface area contributed by atoms with Gasteiger partial charge in [0.05, 0.1) is 4.90 Å². The predicted octanol–water partition coefficient (Wildman–Crippen LogP) is 1.57. The topological polar surface area (TPSA) is 77.1 Å². The largest absolute Gasteiger partial charge is 0.352 e. The summed E-state index contributed by atoms with van der Waals surface area (Å²) >= 11 is 0. The molecule has 3 N–H and O–H groups in total. The van der Waals surface area contributed by atoms with E-state index in [-0.39, 0.29) is 10.8 Å². The molecule has 0 radical (unpaired) electrons. The van der Waals surface area contributed by atoms with Crippen molar-refractivity contribution in [1.82, 2.24) is 9.29 Å². The van der Waals surface area contributed by atoms with Gasteiger partial charge >= 0.3 is 0 Å². The van der Waals surface area contributed by atoms with Crippen molar-refractivity contribution in [2.75, 3.05) is 6.54 Å². The van der Waals surface area contributed by atoms with Crippen LogP contribution in [0.4, 0.5) is 0 Å². The van der Waals surface area contributed by atoms with Gasteiger partial charge in [-0.15, -0.1) is 0 Å². The molecule has 2 aromatic rings. The first-order chi connectivity index (χ1) is 9.94. The number of nitrogens with two attached hydrogens (primary N) is 1. The van der Waals surface area contributed by atoms with Crippen LogP contribution in [0.3, 0.4) is 0 Å². The van der Waals surface area contributed by atoms with Crippen LogP contribution in [0.15, 0.2) is 47.5 Å². The van der Waals surface area contributed by atoms with Crippen molar-refractivity contribution in [2.24, 2.45) is 12.8 Å². The molecule has 1 aromatic carbocycles. The molecule has 0 aliphatic carbocycles. The summed E-state index contributed by atoms with van der Waals surface area (Å²) in [6, 6.07) is 11.4. The Morgan fingerprint density at radius 1 is 1.29 bits per heavy atom. The monoisotopic (exact) mass is 307 g/mol. The lowest BCUT2D eigenvalue weighted by atomic mass is 10.0. The van der Waals surface area contributed by atoms with E-state index in [0.717, 1.165) is 11.3 Å². The third-order valence-electron chi connectivity index (χ3n) is 3.55. The quantitative estimate of drug-likeness (QED) is 0.850. The van der Waals surface area contributed by atoms with Crippen molar-refractivity contribution in [1.29, 1.82) is 0 Å². The molecule has 114 valence electrons. The predicted molar refractivity (Wildman–Crippen MR) is 83.3 cm³/mol. The number of sulfonamides is 1. The fourth-order valence-electron chi connectivity index (χ4n) is 2.14. The molecule has 2 rings (SSSR count). The molecule has 0 saturated carbocycles. The Morgan fingerprint density at radius 2 is 1.95 bits per heavy atom. The van der Waals surface area contributed by atoms with E-state index >= 15 is 0 Å². The first-order valence-electron chi connectivity index (χ1n) is 6.84. The van der Waals surface area contributed by atoms with E-state index < -0.39 is 10.0 Å². The van der Waals surface area contributed by atoms with Crippen molar-refractivity contribution in [3.8, 4) is 0 Å². The summed E-state index contributed by atoms with van der Waals surface area (Å²) in [7, 11) is -1.72. The molecule has 0 saturated heterocycles. The van der Waals surface area contributed by atoms with E-state index in [0.29, 0.717) is 13.1 Å². The van der Waals surface area contributed by atoms with E-state index in [1.54, 1.807) is 23.9 Å². The number of benzene rings is 1. The Balaban J connectivity index is 2.07. The number of aryl methyl sites for hydroxylation is 1. The Morgan fingerprint density at radius 3 is 2.52 bits per heavy atom. The summed E-state index contributed by atoms with van der Waals surface area (Å²) in [5.41, 5.74) is 7.46. The van der Waals surface area contributed by atoms with Gasteiger partial charge in [0.1, 0.15) is 0 Å². The highest BCUT2D eigenvalue weighted by Gasteiger charge is 2.18. The molecule has 1 atom stereocenters. The number of nitrogens with one attached hydrogen (secondary N) is 1. The van der Waals surface area contributed by atoms with Crippen LogP contribution in [0.2, 0.25) is 0 Å². The summed E-state index contributed by atoms with van der Waals surface area (Å²) in [5.74, 6) is 0.110. The number of aromatic nitrogens is 1. The molecule has 0 spiro atoms. The molecule has 5 nitrogen and oxygen atoms in total. The fourth-order valence-corrected chi connectivity index (χ4v) is 3.37. The van der Waals surface area contributed by atoms with Crippen LogP contribution in [0.1, 0.15) is 24.1 Å². The molecule has 1 unspecified atom stereocenters. The van der Waals surface area contributed by atoms with E-state index in [9.17, 15) is 8.42 Å². The van der Waals surface area contributed by atoms with Gasteiger partial charge in [0.25, 0.3) is 0 Å². The van der Waals surface area contributed by atoms with Crippen LogP contribution in [0, 0.1) is 0 Å². The Kier molecular flexibility index (Phi) is 4.82. The van der Waals surface area contributed by atoms with Gasteiger partial charge in [-0.25, -0.2) is 13.1 Å². The maximum Gasteiger partial charge on any atom is 0.242 e. The van der Waals surface area contributed by atoms with Crippen LogP contribution in [-0.2, 0) is 23.6 Å². The normalized spacial score (nSPS) is 13.3. The van der Waals surface area contributed by atoms with E-state index in [2.05, 4.69) is 4.72 Å². The van der Waals surface area contributed by atoms with Crippen molar-refractivity contribution in [2.45, 2.75) is 24.3 Å². The minimum absolute atomic E-state index is 0.110. The highest BCUT2D eigenvalue weighted by atomic mass is 32.2. The molecule has 21 heavy (non-hydrogen) atoms. The van der Waals surface area contributed by atoms with Gasteiger partial charge in [0, 0.05) is 32.0 Å². The van der Waals surface area contributed by atoms with Gasteiger partial charge in [-0.05, 0) is 17.5 Å². The van der Waals surface area contributed by atoms with Crippen molar-refractivity contribution in [3.05, 3.63) is 53.9 Å². The molecule has 0 aliphatic heterocycles. The molecule has 0 fully saturated rings. The van der Waals surface area contributed by atoms with Gasteiger partial charge in [-0.1, -0.05) is 37.3 Å². The summed E-state index contributed by atoms with van der Waals surface area (Å²) in [6.07, 6.45) is 1.58. The SMILES string of the molecule is CC(CNS(=O)(=O)c1cc(CN)n(C)c1)c1ccccc1. The number of rotatable bonds is 6. The van der Waals surface area contributed by atoms with E-state index in [1.807, 2.05) is 37.3 Å². The van der Waals surface area contributed by atoms with Crippen LogP contribution < -0.4 is 10.5 Å². The van der Waals surface area contributed by atoms with Crippen LogP contribution in [-0.4, -0.2) is 19.5 Å². The third kappa shape index (κ3) is 3.72. The minimum atomic E-state index is -3.50. The van der Waals surface area contributed by atoms with Crippen molar-refractivity contribution < 1.29 is 8.42 Å². The zero-order chi connectivity index (χ0) is 15.5. The van der Waals surface area contributed by atoms with E-state index in [1.165, 1.54) is 0 Å². The second-order valence-electron chi connectivity index (χ2n) is 5.15. The number of hydrogen-bond acceptors (Lipinski definition) is 3. The van der Waals surface area contributed by atoms with Gasteiger partial charge < -0.3 is 10.3 Å². The number of nitrogens with zero attached hydrogens (tertiary/aromatic N) is 1. The maximum atomic E-state index is 12.3. The molecule has 0 bridgehead atoms. The second-order valence-corrected chi connectivity index (χ2v) is 6.91. The third-order valence-corrected chi connectivity index (χ3v) is 4.94. The van der Waals surface area contributed by atoms with E-state index in [4.69, 9.17) is 5.73 Å². The van der Waals surface area contributed by atoms with Gasteiger partial charge in [0.2, 0.25) is 10.0 Å². The first-order valence-corrected chi connectivity index (χ1v) is 8.32. The van der Waals surface area contributed by atoms with Crippen molar-refractivity contribution >= 4 is 10.0 Å². The Hall–Kier alpha value is -1.63. The zero-order valence-electron chi connectivity index (χ0n) is 12.3. The van der Waals surface area contributed by atoms with Crippen LogP contribution in [0.5, 0.6) is 0 Å². The standard InChI is InChI=1S/C15H21N3O2S/c1-12(13-6-4-3-5-7-13)10-17-21(19,20)15-8-14(9-16)18(2)11-15/h3-8,11-12,17H,9-10,16H2,1-2H3. The lowest BCUT2D eigenvalue weighted by Gasteiger charge is -2.12.